The fourth-order valence-electron chi connectivity index (χ4n) is 7.66. The van der Waals surface area contributed by atoms with Gasteiger partial charge in [0, 0.05) is 18.4 Å². The molecule has 0 radical (unpaired) electrons. The van der Waals surface area contributed by atoms with Gasteiger partial charge in [0.2, 0.25) is 11.8 Å². The number of allylic oxidation sites excluding steroid dienone is 1. The number of anilines is 1. The van der Waals surface area contributed by atoms with E-state index in [-0.39, 0.29) is 31.5 Å². The molecule has 0 saturated carbocycles. The number of methoxy groups -OCH3 is 1. The molecule has 260 valence electrons. The quantitative estimate of drug-likeness (QED) is 0.138. The average molecular weight is 688 g/mol. The third-order valence-electron chi connectivity index (χ3n) is 9.75. The van der Waals surface area contributed by atoms with E-state index >= 15 is 0 Å². The molecule has 49 heavy (non-hydrogen) atoms. The maximum absolute atomic E-state index is 13.9. The van der Waals surface area contributed by atoms with Crippen LogP contribution in [0.2, 0.25) is 0 Å². The molecule has 3 aromatic rings. The molecule has 3 aliphatic rings. The lowest BCUT2D eigenvalue weighted by atomic mass is 9.69. The summed E-state index contributed by atoms with van der Waals surface area (Å²) in [4.78, 5) is 28.1. The van der Waals surface area contributed by atoms with E-state index in [4.69, 9.17) is 9.47 Å². The average Bonchev–Trinajstić information content (AvgIpc) is 3.58. The maximum atomic E-state index is 13.9. The van der Waals surface area contributed by atoms with Crippen LogP contribution in [0.3, 0.4) is 0 Å². The first-order valence-electron chi connectivity index (χ1n) is 16.1. The van der Waals surface area contributed by atoms with Crippen LogP contribution in [0.1, 0.15) is 55.7 Å². The number of nitrogens with zero attached hydrogens (tertiary/aromatic N) is 1. The van der Waals surface area contributed by atoms with E-state index in [1.807, 2.05) is 30.3 Å². The van der Waals surface area contributed by atoms with Gasteiger partial charge in [-0.1, -0.05) is 55.3 Å². The molecule has 0 bridgehead atoms. The van der Waals surface area contributed by atoms with Gasteiger partial charge in [-0.2, -0.15) is 26.3 Å². The molecule has 0 unspecified atom stereocenters. The summed E-state index contributed by atoms with van der Waals surface area (Å²) in [6, 6.07) is 11.9. The minimum atomic E-state index is -5.14. The molecular formula is C37H35F6NO5. The van der Waals surface area contributed by atoms with Crippen LogP contribution in [-0.2, 0) is 31.4 Å². The maximum Gasteiger partial charge on any atom is 0.416 e. The minimum absolute atomic E-state index is 0.0290. The van der Waals surface area contributed by atoms with Crippen LogP contribution in [0.4, 0.5) is 32.0 Å². The highest BCUT2D eigenvalue weighted by atomic mass is 19.4. The van der Waals surface area contributed by atoms with Crippen LogP contribution in [0.25, 0.3) is 16.8 Å². The Morgan fingerprint density at radius 1 is 0.939 bits per heavy atom. The second-order valence-electron chi connectivity index (χ2n) is 12.8. The van der Waals surface area contributed by atoms with Gasteiger partial charge in [-0.05, 0) is 72.0 Å². The van der Waals surface area contributed by atoms with E-state index in [1.165, 1.54) is 7.11 Å². The number of hydrogen-bond acceptors (Lipinski definition) is 5. The van der Waals surface area contributed by atoms with Gasteiger partial charge in [0.25, 0.3) is 0 Å². The van der Waals surface area contributed by atoms with Crippen molar-refractivity contribution in [1.82, 2.24) is 0 Å². The molecule has 2 fully saturated rings. The monoisotopic (exact) mass is 687 g/mol. The molecule has 2 aliphatic heterocycles. The van der Waals surface area contributed by atoms with E-state index < -0.39 is 64.8 Å². The van der Waals surface area contributed by atoms with Crippen molar-refractivity contribution < 1.29 is 50.5 Å². The Morgan fingerprint density at radius 3 is 2.24 bits per heavy atom. The number of hydrogen-bond donors (Lipinski definition) is 1. The van der Waals surface area contributed by atoms with Crippen molar-refractivity contribution in [3.05, 3.63) is 88.0 Å². The van der Waals surface area contributed by atoms with Crippen LogP contribution in [0.5, 0.6) is 5.75 Å². The molecule has 0 aromatic heterocycles. The fourth-order valence-corrected chi connectivity index (χ4v) is 7.66. The van der Waals surface area contributed by atoms with Gasteiger partial charge in [0.1, 0.15) is 5.75 Å². The Bertz CT molecular complexity index is 1810. The van der Waals surface area contributed by atoms with E-state index in [9.17, 15) is 41.0 Å². The molecule has 6 nitrogen and oxygen atoms in total. The lowest BCUT2D eigenvalue weighted by molar-refractivity contribution is -0.143. The highest BCUT2D eigenvalue weighted by Gasteiger charge is 2.57. The van der Waals surface area contributed by atoms with Crippen molar-refractivity contribution in [3.8, 4) is 5.75 Å². The van der Waals surface area contributed by atoms with Gasteiger partial charge in [-0.15, -0.1) is 0 Å². The Labute approximate surface area is 279 Å². The van der Waals surface area contributed by atoms with Crippen LogP contribution in [0, 0.1) is 17.8 Å². The van der Waals surface area contributed by atoms with Crippen molar-refractivity contribution in [1.29, 1.82) is 0 Å². The Kier molecular flexibility index (Phi) is 9.40. The zero-order valence-corrected chi connectivity index (χ0v) is 26.8. The first-order chi connectivity index (χ1) is 23.2. The number of imide groups is 1. The number of carbonyl (C=O) groups is 2. The number of alkyl halides is 6. The summed E-state index contributed by atoms with van der Waals surface area (Å²) in [7, 11) is 1.48. The lowest BCUT2D eigenvalue weighted by Gasteiger charge is -2.31. The normalized spacial score (nSPS) is 23.1. The van der Waals surface area contributed by atoms with Gasteiger partial charge < -0.3 is 14.6 Å². The molecule has 6 rings (SSSR count). The Balaban J connectivity index is 1.29. The van der Waals surface area contributed by atoms with Crippen molar-refractivity contribution >= 4 is 34.4 Å². The Morgan fingerprint density at radius 2 is 1.61 bits per heavy atom. The third kappa shape index (κ3) is 6.60. The first kappa shape index (κ1) is 34.7. The lowest BCUT2D eigenvalue weighted by Crippen LogP contribution is -2.35. The Hall–Kier alpha value is -4.16. The highest BCUT2D eigenvalue weighted by molar-refractivity contribution is 6.22. The van der Waals surface area contributed by atoms with Crippen LogP contribution in [0.15, 0.2) is 71.3 Å². The number of phenolic OH excluding ortho intramolecular Hbond substituents is 1. The van der Waals surface area contributed by atoms with E-state index in [0.29, 0.717) is 29.9 Å². The molecule has 3 aromatic carbocycles. The minimum Gasteiger partial charge on any atom is -0.507 e. The summed E-state index contributed by atoms with van der Waals surface area (Å²) in [6.07, 6.45) is -5.63. The van der Waals surface area contributed by atoms with E-state index in [0.717, 1.165) is 45.9 Å². The number of benzene rings is 3. The molecular weight excluding hydrogens is 652 g/mol. The SMILES string of the molecule is CCC/C(=C\c1ccc(O)c2ccccc12)CC[C@H]1OC[C@H]2C1=C(COC)C[C@H]1C(=O)N(c3cc(C(F)(F)F)cc(C(F)(F)F)c3)C(=O)[C@H]12. The summed E-state index contributed by atoms with van der Waals surface area (Å²) >= 11 is 0. The fraction of sp³-hybridized carbons (Fsp3) is 0.405. The van der Waals surface area contributed by atoms with Crippen LogP contribution in [-0.4, -0.2) is 43.3 Å². The van der Waals surface area contributed by atoms with Crippen molar-refractivity contribution in [2.24, 2.45) is 17.8 Å². The molecule has 12 heteroatoms. The van der Waals surface area contributed by atoms with Crippen molar-refractivity contribution in [2.75, 3.05) is 25.2 Å². The molecule has 2 saturated heterocycles. The predicted octanol–water partition coefficient (Wildman–Crippen LogP) is 8.71. The number of phenols is 1. The molecule has 4 atom stereocenters. The summed E-state index contributed by atoms with van der Waals surface area (Å²) in [5, 5.41) is 12.0. The number of aromatic hydroxyl groups is 1. The smallest absolute Gasteiger partial charge is 0.416 e. The van der Waals surface area contributed by atoms with Gasteiger partial charge in [0.05, 0.1) is 48.0 Å². The molecule has 0 spiro atoms. The summed E-state index contributed by atoms with van der Waals surface area (Å²) < 4.78 is 93.6. The standard InChI is InChI=1S/C37H35F6NO5/c1-3-6-20(13-21-10-11-30(45)27-8-5-4-7-26(21)27)9-12-31-32-22(18-48-2)14-28-33(29(32)19-49-31)35(47)44(34(28)46)25-16-23(36(38,39)40)15-24(17-25)37(41,42)43/h4-5,7-8,10-11,13,15-17,28-29,31,33,45H,3,6,9,12,14,18-19H2,1-2H3/b20-13+/t28-,29+,31-,33-/m1/s1. The molecule has 1 N–H and O–H groups in total. The van der Waals surface area contributed by atoms with Crippen LogP contribution >= 0.6 is 0 Å². The number of halogens is 6. The second kappa shape index (κ2) is 13.3. The number of rotatable bonds is 9. The topological polar surface area (TPSA) is 76.1 Å². The summed E-state index contributed by atoms with van der Waals surface area (Å²) in [5.41, 5.74) is -0.286. The van der Waals surface area contributed by atoms with Gasteiger partial charge in [0.15, 0.2) is 0 Å². The van der Waals surface area contributed by atoms with E-state index in [1.54, 1.807) is 6.07 Å². The molecule has 2 amide bonds. The third-order valence-corrected chi connectivity index (χ3v) is 9.75. The number of fused-ring (bicyclic) bond motifs is 4. The van der Waals surface area contributed by atoms with Gasteiger partial charge >= 0.3 is 12.4 Å². The highest BCUT2D eigenvalue weighted by Crippen LogP contribution is 2.51. The van der Waals surface area contributed by atoms with Crippen LogP contribution < -0.4 is 4.90 Å². The van der Waals surface area contributed by atoms with Gasteiger partial charge in [-0.3, -0.25) is 9.59 Å². The predicted molar refractivity (Wildman–Crippen MR) is 170 cm³/mol. The largest absolute Gasteiger partial charge is 0.507 e. The van der Waals surface area contributed by atoms with Crippen molar-refractivity contribution in [3.63, 3.8) is 0 Å². The van der Waals surface area contributed by atoms with Crippen molar-refractivity contribution in [2.45, 2.75) is 57.5 Å². The van der Waals surface area contributed by atoms with Gasteiger partial charge in [-0.25, -0.2) is 4.90 Å². The molecule has 1 aliphatic carbocycles. The first-order valence-corrected chi connectivity index (χ1v) is 16.1. The summed E-state index contributed by atoms with van der Waals surface area (Å²) in [6.45, 7) is 2.28. The zero-order chi connectivity index (χ0) is 35.2. The van der Waals surface area contributed by atoms with E-state index in [2.05, 4.69) is 13.0 Å². The summed E-state index contributed by atoms with van der Waals surface area (Å²) in [5.74, 6) is -4.04. The second-order valence-corrected chi connectivity index (χ2v) is 12.8. The molecule has 2 heterocycles. The number of carbonyl (C=O) groups excluding carboxylic acids is 2. The number of ether oxygens (including phenoxy) is 2. The zero-order valence-electron chi connectivity index (χ0n) is 26.8. The number of amides is 2.